The molecule has 0 saturated heterocycles. The van der Waals surface area contributed by atoms with Gasteiger partial charge in [-0.3, -0.25) is 9.35 Å². The molecule has 1 unspecified atom stereocenters. The summed E-state index contributed by atoms with van der Waals surface area (Å²) in [5, 5.41) is 8.23. The minimum absolute atomic E-state index is 1.40. The van der Waals surface area contributed by atoms with Crippen molar-refractivity contribution in [2.24, 2.45) is 5.73 Å². The molecular weight excluding hydrogens is 166 g/mol. The zero-order valence-electron chi connectivity index (χ0n) is 4.59. The van der Waals surface area contributed by atoms with Gasteiger partial charge in [-0.25, -0.2) is 4.18 Å². The van der Waals surface area contributed by atoms with E-state index >= 15 is 0 Å². The summed E-state index contributed by atoms with van der Waals surface area (Å²) in [5.41, 5.74) is 4.35. The lowest BCUT2D eigenvalue weighted by Gasteiger charge is -2.02. The molecule has 0 aromatic carbocycles. The predicted molar refractivity (Wildman–Crippen MR) is 27.8 cm³/mol. The number of amides is 1. The van der Waals surface area contributed by atoms with Crippen molar-refractivity contribution in [3.8, 4) is 0 Å². The van der Waals surface area contributed by atoms with Gasteiger partial charge in [-0.2, -0.15) is 8.42 Å². The molecule has 1 atom stereocenters. The van der Waals surface area contributed by atoms with Gasteiger partial charge in [-0.05, 0) is 0 Å². The summed E-state index contributed by atoms with van der Waals surface area (Å²) in [6.45, 7) is 0. The van der Waals surface area contributed by atoms with E-state index < -0.39 is 22.6 Å². The third kappa shape index (κ3) is 4.21. The first-order valence-corrected chi connectivity index (χ1v) is 3.32. The van der Waals surface area contributed by atoms with Crippen LogP contribution in [0, 0.1) is 0 Å². The summed E-state index contributed by atoms with van der Waals surface area (Å²) in [5.74, 6) is -1.40. The van der Waals surface area contributed by atoms with Crippen molar-refractivity contribution in [3.63, 3.8) is 0 Å². The Balaban J connectivity index is 4.06. The van der Waals surface area contributed by atoms with Crippen LogP contribution in [0.5, 0.6) is 0 Å². The van der Waals surface area contributed by atoms with Crippen molar-refractivity contribution in [1.29, 1.82) is 0 Å². The highest BCUT2D eigenvalue weighted by molar-refractivity contribution is 7.80. The van der Waals surface area contributed by atoms with E-state index in [9.17, 15) is 13.2 Å². The van der Waals surface area contributed by atoms with E-state index in [-0.39, 0.29) is 0 Å². The molecule has 8 heteroatoms. The fourth-order valence-electron chi connectivity index (χ4n) is 0.163. The molecule has 60 valence electrons. The molecule has 0 aliphatic heterocycles. The van der Waals surface area contributed by atoms with E-state index in [2.05, 4.69) is 9.92 Å². The summed E-state index contributed by atoms with van der Waals surface area (Å²) >= 11 is 0. The van der Waals surface area contributed by atoms with Crippen LogP contribution in [0.2, 0.25) is 0 Å². The molecule has 0 aliphatic rings. The van der Waals surface area contributed by atoms with Crippen molar-refractivity contribution in [2.75, 3.05) is 0 Å². The summed E-state index contributed by atoms with van der Waals surface area (Å²) in [7, 11) is -4.82. The monoisotopic (exact) mass is 171 g/mol. The van der Waals surface area contributed by atoms with E-state index in [0.717, 1.165) is 0 Å². The quantitative estimate of drug-likeness (QED) is 0.321. The van der Waals surface area contributed by atoms with Crippen molar-refractivity contribution >= 4 is 16.3 Å². The number of primary amides is 1. The van der Waals surface area contributed by atoms with E-state index in [0.29, 0.717) is 0 Å². The van der Waals surface area contributed by atoms with Crippen molar-refractivity contribution in [2.45, 2.75) is 6.29 Å². The van der Waals surface area contributed by atoms with Crippen LogP contribution < -0.4 is 5.73 Å². The first kappa shape index (κ1) is 9.30. The fourth-order valence-corrected chi connectivity index (χ4v) is 0.488. The van der Waals surface area contributed by atoms with Gasteiger partial charge in [-0.1, -0.05) is 0 Å². The van der Waals surface area contributed by atoms with Crippen molar-refractivity contribution < 1.29 is 27.1 Å². The van der Waals surface area contributed by atoms with Gasteiger partial charge in [0.1, 0.15) is 0 Å². The lowest BCUT2D eigenvalue weighted by atomic mass is 10.6. The second-order valence-corrected chi connectivity index (χ2v) is 2.33. The van der Waals surface area contributed by atoms with Crippen LogP contribution in [0.1, 0.15) is 0 Å². The number of aliphatic hydroxyl groups excluding tert-OH is 1. The van der Waals surface area contributed by atoms with Gasteiger partial charge >= 0.3 is 10.4 Å². The normalized spacial score (nSPS) is 14.6. The van der Waals surface area contributed by atoms with Crippen LogP contribution in [0.25, 0.3) is 0 Å². The predicted octanol–water partition coefficient (Wildman–Crippen LogP) is -2.39. The van der Waals surface area contributed by atoms with Crippen LogP contribution in [0.4, 0.5) is 0 Å². The van der Waals surface area contributed by atoms with Crippen LogP contribution in [-0.2, 0) is 19.4 Å². The Hall–Kier alpha value is -0.700. The minimum atomic E-state index is -4.82. The fraction of sp³-hybridized carbons (Fsp3) is 0.500. The molecular formula is C2H5NO6S. The standard InChI is InChI=1S/C2H5NO6S/c3-1(4)2(5)9-10(6,7)8/h2,5H,(H2,3,4)(H,6,7,8). The Morgan fingerprint density at radius 1 is 1.60 bits per heavy atom. The van der Waals surface area contributed by atoms with Crippen LogP contribution in [-0.4, -0.2) is 30.3 Å². The lowest BCUT2D eigenvalue weighted by molar-refractivity contribution is -0.140. The van der Waals surface area contributed by atoms with Gasteiger partial charge in [0.2, 0.25) is 0 Å². The Bertz CT molecular complexity index is 218. The Morgan fingerprint density at radius 3 is 2.10 bits per heavy atom. The molecule has 1 amide bonds. The number of aliphatic hydroxyl groups is 1. The first-order valence-electron chi connectivity index (χ1n) is 1.96. The number of carbonyl (C=O) groups is 1. The molecule has 0 aromatic rings. The van der Waals surface area contributed by atoms with Crippen LogP contribution >= 0.6 is 0 Å². The number of rotatable bonds is 3. The Morgan fingerprint density at radius 2 is 2.00 bits per heavy atom. The van der Waals surface area contributed by atoms with Gasteiger partial charge in [0.25, 0.3) is 12.2 Å². The zero-order valence-corrected chi connectivity index (χ0v) is 5.41. The average molecular weight is 171 g/mol. The summed E-state index contributed by atoms with van der Waals surface area (Å²) < 4.78 is 30.6. The molecule has 10 heavy (non-hydrogen) atoms. The van der Waals surface area contributed by atoms with Gasteiger partial charge in [0.05, 0.1) is 0 Å². The summed E-state index contributed by atoms with van der Waals surface area (Å²) in [6, 6.07) is 0. The zero-order chi connectivity index (χ0) is 8.36. The minimum Gasteiger partial charge on any atom is -0.365 e. The van der Waals surface area contributed by atoms with Gasteiger partial charge in [-0.15, -0.1) is 0 Å². The van der Waals surface area contributed by atoms with Crippen LogP contribution in [0.15, 0.2) is 0 Å². The second kappa shape index (κ2) is 2.92. The lowest BCUT2D eigenvalue weighted by Crippen LogP contribution is -2.32. The third-order valence-corrected chi connectivity index (χ3v) is 0.882. The molecule has 0 aromatic heterocycles. The highest BCUT2D eigenvalue weighted by Crippen LogP contribution is 1.91. The number of hydrogen-bond acceptors (Lipinski definition) is 5. The Kier molecular flexibility index (Phi) is 2.72. The highest BCUT2D eigenvalue weighted by atomic mass is 32.3. The van der Waals surface area contributed by atoms with Gasteiger partial charge < -0.3 is 10.8 Å². The van der Waals surface area contributed by atoms with Crippen molar-refractivity contribution in [1.82, 2.24) is 0 Å². The maximum Gasteiger partial charge on any atom is 0.400 e. The third-order valence-electron chi connectivity index (χ3n) is 0.456. The average Bonchev–Trinajstić information content (AvgIpc) is 1.60. The molecule has 0 fully saturated rings. The SMILES string of the molecule is NC(=O)C(O)OS(=O)(=O)O. The largest absolute Gasteiger partial charge is 0.400 e. The highest BCUT2D eigenvalue weighted by Gasteiger charge is 2.18. The topological polar surface area (TPSA) is 127 Å². The molecule has 0 aliphatic carbocycles. The maximum atomic E-state index is 9.85. The number of hydrogen-bond donors (Lipinski definition) is 3. The Labute approximate surface area is 56.4 Å². The molecule has 4 N–H and O–H groups in total. The second-order valence-electron chi connectivity index (χ2n) is 1.28. The molecule has 7 nitrogen and oxygen atoms in total. The molecule has 0 spiro atoms. The molecule has 0 rings (SSSR count). The maximum absolute atomic E-state index is 9.85. The summed E-state index contributed by atoms with van der Waals surface area (Å²) in [4.78, 5) is 9.85. The van der Waals surface area contributed by atoms with Gasteiger partial charge in [0, 0.05) is 0 Å². The van der Waals surface area contributed by atoms with E-state index in [1.54, 1.807) is 0 Å². The summed E-state index contributed by atoms with van der Waals surface area (Å²) in [6.07, 6.45) is -2.34. The van der Waals surface area contributed by atoms with E-state index in [1.807, 2.05) is 0 Å². The number of nitrogens with two attached hydrogens (primary N) is 1. The molecule has 0 radical (unpaired) electrons. The molecule has 0 bridgehead atoms. The van der Waals surface area contributed by atoms with Crippen molar-refractivity contribution in [3.05, 3.63) is 0 Å². The smallest absolute Gasteiger partial charge is 0.365 e. The molecule has 0 heterocycles. The molecule has 0 saturated carbocycles. The van der Waals surface area contributed by atoms with E-state index in [1.165, 1.54) is 0 Å². The van der Waals surface area contributed by atoms with Gasteiger partial charge in [0.15, 0.2) is 0 Å². The first-order chi connectivity index (χ1) is 4.33. The van der Waals surface area contributed by atoms with E-state index in [4.69, 9.17) is 9.66 Å². The number of carbonyl (C=O) groups excluding carboxylic acids is 1. The van der Waals surface area contributed by atoms with Crippen LogP contribution in [0.3, 0.4) is 0 Å².